The molecule has 1 aliphatic heterocycles. The van der Waals surface area contributed by atoms with E-state index in [0.717, 1.165) is 72.5 Å². The Morgan fingerprint density at radius 2 is 1.92 bits per heavy atom. The van der Waals surface area contributed by atoms with Gasteiger partial charge in [-0.15, -0.1) is 0 Å². The van der Waals surface area contributed by atoms with E-state index in [0.29, 0.717) is 5.82 Å². The maximum atomic E-state index is 13.0. The van der Waals surface area contributed by atoms with E-state index in [1.807, 2.05) is 18.0 Å². The molecule has 210 valence electrons. The number of hydrogen-bond donors (Lipinski definition) is 1. The number of anilines is 1. The van der Waals surface area contributed by atoms with Crippen molar-refractivity contribution in [3.8, 4) is 0 Å². The molecule has 1 fully saturated rings. The standard InChI is InChI=1S/C28H31ClF3N3OS3/c1-2-3-10-24-25(37-21-8-7-9-22(13-12-21)38-35-17-5-4-6-18-35)14-16-27(33-24)34-39(36)26-15-11-20(19-23(26)29)28(30,31)32/h7-8,11-16,19H,2-6,9-10,17-18H2,1H3,(H,33,34). The molecule has 1 aromatic carbocycles. The molecule has 1 atom stereocenters. The second-order valence-corrected chi connectivity index (χ2v) is 13.2. The Morgan fingerprint density at radius 1 is 1.13 bits per heavy atom. The first kappa shape index (κ1) is 30.2. The summed E-state index contributed by atoms with van der Waals surface area (Å²) >= 11 is 9.54. The van der Waals surface area contributed by atoms with Crippen molar-refractivity contribution in [3.05, 3.63) is 80.7 Å². The highest BCUT2D eigenvalue weighted by Crippen LogP contribution is 2.36. The summed E-state index contributed by atoms with van der Waals surface area (Å²) in [7, 11) is -1.87. The maximum Gasteiger partial charge on any atom is 0.416 e. The van der Waals surface area contributed by atoms with Crippen LogP contribution >= 0.6 is 35.3 Å². The minimum Gasteiger partial charge on any atom is -0.285 e. The summed E-state index contributed by atoms with van der Waals surface area (Å²) in [5.41, 5.74) is -0.00339. The van der Waals surface area contributed by atoms with Crippen LogP contribution in [0.5, 0.6) is 0 Å². The number of aryl methyl sites for hydroxylation is 1. The van der Waals surface area contributed by atoms with E-state index in [1.54, 1.807) is 17.8 Å². The predicted octanol–water partition coefficient (Wildman–Crippen LogP) is 9.18. The molecule has 0 spiro atoms. The summed E-state index contributed by atoms with van der Waals surface area (Å²) in [5.74, 6) is 0.380. The number of unbranched alkanes of at least 4 members (excludes halogenated alkanes) is 1. The quantitative estimate of drug-likeness (QED) is 0.271. The Balaban J connectivity index is 1.47. The lowest BCUT2D eigenvalue weighted by molar-refractivity contribution is -0.137. The maximum absolute atomic E-state index is 13.0. The van der Waals surface area contributed by atoms with Crippen LogP contribution in [0.1, 0.15) is 56.7 Å². The third kappa shape index (κ3) is 8.88. The number of allylic oxidation sites excluding steroid dienone is 5. The smallest absolute Gasteiger partial charge is 0.285 e. The van der Waals surface area contributed by atoms with Gasteiger partial charge in [-0.3, -0.25) is 4.72 Å². The molecule has 1 N–H and O–H groups in total. The van der Waals surface area contributed by atoms with Gasteiger partial charge in [0.15, 0.2) is 11.0 Å². The molecule has 1 saturated heterocycles. The minimum atomic E-state index is -4.52. The first-order valence-electron chi connectivity index (χ1n) is 13.0. The van der Waals surface area contributed by atoms with Gasteiger partial charge in [0.05, 0.1) is 21.2 Å². The Labute approximate surface area is 244 Å². The number of alkyl halides is 3. The summed E-state index contributed by atoms with van der Waals surface area (Å²) < 4.78 is 57.0. The zero-order chi connectivity index (χ0) is 27.8. The van der Waals surface area contributed by atoms with Crippen molar-refractivity contribution >= 4 is 52.1 Å². The van der Waals surface area contributed by atoms with Crippen molar-refractivity contribution in [3.63, 3.8) is 0 Å². The first-order chi connectivity index (χ1) is 18.7. The van der Waals surface area contributed by atoms with Crippen LogP contribution in [0.4, 0.5) is 19.0 Å². The lowest BCUT2D eigenvalue weighted by atomic mass is 10.2. The summed E-state index contributed by atoms with van der Waals surface area (Å²) in [4.78, 5) is 8.25. The van der Waals surface area contributed by atoms with E-state index in [4.69, 9.17) is 16.6 Å². The van der Waals surface area contributed by atoms with Crippen LogP contribution in [0.2, 0.25) is 5.02 Å². The van der Waals surface area contributed by atoms with Gasteiger partial charge in [0.25, 0.3) is 0 Å². The monoisotopic (exact) mass is 613 g/mol. The summed E-state index contributed by atoms with van der Waals surface area (Å²) in [6, 6.07) is 6.48. The Morgan fingerprint density at radius 3 is 2.64 bits per heavy atom. The molecule has 0 radical (unpaired) electrons. The first-order valence-corrected chi connectivity index (χ1v) is 16.1. The second kappa shape index (κ2) is 14.3. The molecule has 2 aromatic rings. The van der Waals surface area contributed by atoms with Gasteiger partial charge in [-0.1, -0.05) is 55.3 Å². The molecule has 2 heterocycles. The number of piperidine rings is 1. The van der Waals surface area contributed by atoms with Crippen LogP contribution in [-0.2, 0) is 23.6 Å². The van der Waals surface area contributed by atoms with Crippen LogP contribution in [0.3, 0.4) is 0 Å². The third-order valence-electron chi connectivity index (χ3n) is 6.18. The lowest BCUT2D eigenvalue weighted by Crippen LogP contribution is -2.22. The number of benzene rings is 1. The largest absolute Gasteiger partial charge is 0.416 e. The average molecular weight is 614 g/mol. The number of nitrogens with one attached hydrogen (secondary N) is 1. The molecule has 0 amide bonds. The number of thioether (sulfide) groups is 1. The SMILES string of the molecule is CCCCc1nc(NS(=O)c2ccc(C(F)(F)F)cc2Cl)ccc1SC1=CC=C(SN2CCCCC2)CC=C1. The topological polar surface area (TPSA) is 45.2 Å². The second-order valence-electron chi connectivity index (χ2n) is 9.25. The van der Waals surface area contributed by atoms with Gasteiger partial charge in [0.1, 0.15) is 5.82 Å². The highest BCUT2D eigenvalue weighted by molar-refractivity contribution is 8.03. The number of hydrogen-bond acceptors (Lipinski definition) is 5. The van der Waals surface area contributed by atoms with Crippen LogP contribution < -0.4 is 4.72 Å². The van der Waals surface area contributed by atoms with Crippen LogP contribution in [0.25, 0.3) is 0 Å². The van der Waals surface area contributed by atoms with E-state index < -0.39 is 22.7 Å². The van der Waals surface area contributed by atoms with Gasteiger partial charge >= 0.3 is 6.18 Å². The zero-order valence-corrected chi connectivity index (χ0v) is 24.8. The van der Waals surface area contributed by atoms with E-state index in [-0.39, 0.29) is 9.92 Å². The number of nitrogens with zero attached hydrogens (tertiary/aromatic N) is 2. The Bertz CT molecular complexity index is 1270. The molecule has 1 aliphatic carbocycles. The molecule has 39 heavy (non-hydrogen) atoms. The van der Waals surface area contributed by atoms with Gasteiger partial charge in [0, 0.05) is 27.8 Å². The van der Waals surface area contributed by atoms with Gasteiger partial charge < -0.3 is 0 Å². The molecule has 0 saturated carbocycles. The van der Waals surface area contributed by atoms with Crippen LogP contribution in [0.15, 0.2) is 74.2 Å². The lowest BCUT2D eigenvalue weighted by Gasteiger charge is -2.25. The number of pyridine rings is 1. The van der Waals surface area contributed by atoms with Crippen molar-refractivity contribution < 1.29 is 17.4 Å². The van der Waals surface area contributed by atoms with Crippen molar-refractivity contribution in [1.82, 2.24) is 9.29 Å². The van der Waals surface area contributed by atoms with Crippen molar-refractivity contribution in [2.75, 3.05) is 17.8 Å². The molecule has 2 aliphatic rings. The Kier molecular flexibility index (Phi) is 11.1. The van der Waals surface area contributed by atoms with Gasteiger partial charge in [-0.05, 0) is 86.5 Å². The number of halogens is 4. The van der Waals surface area contributed by atoms with Gasteiger partial charge in [-0.25, -0.2) is 13.5 Å². The van der Waals surface area contributed by atoms with E-state index >= 15 is 0 Å². The molecule has 4 nitrogen and oxygen atoms in total. The number of rotatable bonds is 10. The number of aromatic nitrogens is 1. The fourth-order valence-corrected chi connectivity index (χ4v) is 7.37. The molecule has 0 bridgehead atoms. The van der Waals surface area contributed by atoms with Crippen molar-refractivity contribution in [2.45, 2.75) is 67.8 Å². The van der Waals surface area contributed by atoms with Crippen LogP contribution in [0, 0.1) is 0 Å². The molecule has 4 rings (SSSR count). The zero-order valence-electron chi connectivity index (χ0n) is 21.6. The molecule has 1 unspecified atom stereocenters. The van der Waals surface area contributed by atoms with Gasteiger partial charge in [-0.2, -0.15) is 13.2 Å². The van der Waals surface area contributed by atoms with E-state index in [2.05, 4.69) is 40.3 Å². The third-order valence-corrected chi connectivity index (χ3v) is 10.0. The fraction of sp³-hybridized carbons (Fsp3) is 0.393. The average Bonchev–Trinajstić information content (AvgIpc) is 3.13. The fourth-order valence-electron chi connectivity index (χ4n) is 4.11. The highest BCUT2D eigenvalue weighted by atomic mass is 35.5. The predicted molar refractivity (Wildman–Crippen MR) is 158 cm³/mol. The minimum absolute atomic E-state index is 0.0683. The van der Waals surface area contributed by atoms with Crippen LogP contribution in [-0.4, -0.2) is 26.6 Å². The summed E-state index contributed by atoms with van der Waals surface area (Å²) in [6.07, 6.45) is 11.6. The summed E-state index contributed by atoms with van der Waals surface area (Å²) in [6.45, 7) is 4.39. The molecule has 11 heteroatoms. The molecular formula is C28H31ClF3N3OS3. The van der Waals surface area contributed by atoms with Crippen molar-refractivity contribution in [2.24, 2.45) is 0 Å². The van der Waals surface area contributed by atoms with Crippen molar-refractivity contribution in [1.29, 1.82) is 0 Å². The van der Waals surface area contributed by atoms with E-state index in [9.17, 15) is 17.4 Å². The molecule has 1 aromatic heterocycles. The van der Waals surface area contributed by atoms with E-state index in [1.165, 1.54) is 24.2 Å². The molecular weight excluding hydrogens is 583 g/mol. The van der Waals surface area contributed by atoms with Gasteiger partial charge in [0.2, 0.25) is 0 Å². The summed E-state index contributed by atoms with van der Waals surface area (Å²) in [5, 5.41) is -0.216. The normalized spacial score (nSPS) is 17.4. The highest BCUT2D eigenvalue weighted by Gasteiger charge is 2.31. The Hall–Kier alpha value is -1.72.